The van der Waals surface area contributed by atoms with Crippen molar-refractivity contribution >= 4 is 5.69 Å². The van der Waals surface area contributed by atoms with Gasteiger partial charge in [0.15, 0.2) is 0 Å². The Bertz CT molecular complexity index is 1080. The second kappa shape index (κ2) is 7.74. The van der Waals surface area contributed by atoms with Gasteiger partial charge in [-0.1, -0.05) is 36.4 Å². The Morgan fingerprint density at radius 2 is 1.81 bits per heavy atom. The molecule has 134 valence electrons. The van der Waals surface area contributed by atoms with E-state index >= 15 is 0 Å². The fourth-order valence-corrected chi connectivity index (χ4v) is 2.86. The SMILES string of the molecule is O=c1ccccn1Cc1cccc(NCc2cnc(-c3ccccc3)o2)c1. The molecule has 0 aliphatic heterocycles. The average molecular weight is 357 g/mol. The summed E-state index contributed by atoms with van der Waals surface area (Å²) >= 11 is 0. The number of nitrogens with zero attached hydrogens (tertiary/aromatic N) is 2. The Kier molecular flexibility index (Phi) is 4.83. The molecule has 1 N–H and O–H groups in total. The zero-order chi connectivity index (χ0) is 18.5. The number of benzene rings is 2. The van der Waals surface area contributed by atoms with Crippen LogP contribution < -0.4 is 10.9 Å². The van der Waals surface area contributed by atoms with Crippen LogP contribution in [-0.4, -0.2) is 9.55 Å². The molecule has 0 spiro atoms. The zero-order valence-electron chi connectivity index (χ0n) is 14.7. The molecule has 2 aromatic heterocycles. The van der Waals surface area contributed by atoms with E-state index in [1.807, 2.05) is 60.7 Å². The molecule has 0 saturated carbocycles. The highest BCUT2D eigenvalue weighted by molar-refractivity contribution is 5.52. The molecule has 0 radical (unpaired) electrons. The van der Waals surface area contributed by atoms with E-state index in [1.54, 1.807) is 29.1 Å². The molecule has 0 fully saturated rings. The van der Waals surface area contributed by atoms with Crippen LogP contribution in [-0.2, 0) is 13.1 Å². The Hall–Kier alpha value is -3.60. The normalized spacial score (nSPS) is 10.7. The number of aromatic nitrogens is 2. The predicted octanol–water partition coefficient (Wildman–Crippen LogP) is 4.16. The summed E-state index contributed by atoms with van der Waals surface area (Å²) in [5.74, 6) is 1.38. The Labute approximate surface area is 156 Å². The molecule has 5 heteroatoms. The first kappa shape index (κ1) is 16.8. The first-order valence-electron chi connectivity index (χ1n) is 8.76. The molecule has 27 heavy (non-hydrogen) atoms. The molecule has 5 nitrogen and oxygen atoms in total. The Balaban J connectivity index is 1.43. The maximum absolute atomic E-state index is 11.9. The molecule has 4 rings (SSSR count). The Morgan fingerprint density at radius 1 is 0.963 bits per heavy atom. The predicted molar refractivity (Wildman–Crippen MR) is 106 cm³/mol. The van der Waals surface area contributed by atoms with Crippen molar-refractivity contribution in [3.8, 4) is 11.5 Å². The van der Waals surface area contributed by atoms with E-state index in [4.69, 9.17) is 4.42 Å². The number of hydrogen-bond acceptors (Lipinski definition) is 4. The van der Waals surface area contributed by atoms with Crippen molar-refractivity contribution in [2.24, 2.45) is 0 Å². The summed E-state index contributed by atoms with van der Waals surface area (Å²) in [7, 11) is 0. The molecule has 2 aromatic carbocycles. The zero-order valence-corrected chi connectivity index (χ0v) is 14.7. The summed E-state index contributed by atoms with van der Waals surface area (Å²) in [5.41, 5.74) is 2.97. The minimum absolute atomic E-state index is 0.00837. The van der Waals surface area contributed by atoms with Crippen molar-refractivity contribution in [3.63, 3.8) is 0 Å². The molecule has 0 atom stereocenters. The van der Waals surface area contributed by atoms with Crippen LogP contribution in [0.1, 0.15) is 11.3 Å². The molecular formula is C22H19N3O2. The highest BCUT2D eigenvalue weighted by atomic mass is 16.4. The summed E-state index contributed by atoms with van der Waals surface area (Å²) in [6.45, 7) is 1.07. The largest absolute Gasteiger partial charge is 0.439 e. The van der Waals surface area contributed by atoms with Gasteiger partial charge in [0.1, 0.15) is 5.76 Å². The quantitative estimate of drug-likeness (QED) is 0.563. The second-order valence-electron chi connectivity index (χ2n) is 6.22. The van der Waals surface area contributed by atoms with E-state index in [2.05, 4.69) is 10.3 Å². The van der Waals surface area contributed by atoms with E-state index < -0.39 is 0 Å². The van der Waals surface area contributed by atoms with Crippen molar-refractivity contribution in [3.05, 3.63) is 107 Å². The third-order valence-corrected chi connectivity index (χ3v) is 4.22. The van der Waals surface area contributed by atoms with E-state index in [0.29, 0.717) is 19.0 Å². The van der Waals surface area contributed by atoms with Crippen LogP contribution in [0.5, 0.6) is 0 Å². The first-order valence-corrected chi connectivity index (χ1v) is 8.76. The van der Waals surface area contributed by atoms with Gasteiger partial charge in [-0.15, -0.1) is 0 Å². The lowest BCUT2D eigenvalue weighted by Crippen LogP contribution is -2.18. The first-order chi connectivity index (χ1) is 13.3. The molecular weight excluding hydrogens is 338 g/mol. The summed E-state index contributed by atoms with van der Waals surface area (Å²) in [4.78, 5) is 16.2. The van der Waals surface area contributed by atoms with Crippen molar-refractivity contribution in [1.82, 2.24) is 9.55 Å². The van der Waals surface area contributed by atoms with Gasteiger partial charge in [-0.05, 0) is 35.9 Å². The molecule has 0 aliphatic rings. The smallest absolute Gasteiger partial charge is 0.250 e. The van der Waals surface area contributed by atoms with Gasteiger partial charge in [0.25, 0.3) is 5.56 Å². The number of anilines is 1. The van der Waals surface area contributed by atoms with E-state index in [1.165, 1.54) is 0 Å². The molecule has 0 unspecified atom stereocenters. The van der Waals surface area contributed by atoms with Crippen LogP contribution >= 0.6 is 0 Å². The lowest BCUT2D eigenvalue weighted by Gasteiger charge is -2.09. The van der Waals surface area contributed by atoms with Crippen molar-refractivity contribution in [2.75, 3.05) is 5.32 Å². The molecule has 0 bridgehead atoms. The van der Waals surface area contributed by atoms with Gasteiger partial charge in [-0.2, -0.15) is 0 Å². The number of hydrogen-bond donors (Lipinski definition) is 1. The minimum atomic E-state index is -0.00837. The number of pyridine rings is 1. The number of nitrogens with one attached hydrogen (secondary N) is 1. The summed E-state index contributed by atoms with van der Waals surface area (Å²) < 4.78 is 7.50. The maximum Gasteiger partial charge on any atom is 0.250 e. The number of rotatable bonds is 6. The lowest BCUT2D eigenvalue weighted by molar-refractivity contribution is 0.526. The van der Waals surface area contributed by atoms with Crippen molar-refractivity contribution in [2.45, 2.75) is 13.1 Å². The van der Waals surface area contributed by atoms with Crippen LogP contribution in [0.15, 0.2) is 94.4 Å². The fraction of sp³-hybridized carbons (Fsp3) is 0.0909. The van der Waals surface area contributed by atoms with Crippen LogP contribution in [0.2, 0.25) is 0 Å². The Morgan fingerprint density at radius 3 is 2.67 bits per heavy atom. The summed E-state index contributed by atoms with van der Waals surface area (Å²) in [6.07, 6.45) is 3.53. The van der Waals surface area contributed by atoms with Gasteiger partial charge in [-0.3, -0.25) is 4.79 Å². The topological polar surface area (TPSA) is 60.1 Å². The molecule has 0 aliphatic carbocycles. The monoisotopic (exact) mass is 357 g/mol. The van der Waals surface area contributed by atoms with E-state index in [-0.39, 0.29) is 5.56 Å². The van der Waals surface area contributed by atoms with Gasteiger partial charge in [0.05, 0.1) is 19.3 Å². The van der Waals surface area contributed by atoms with Crippen LogP contribution in [0.25, 0.3) is 11.5 Å². The molecule has 4 aromatic rings. The standard InChI is InChI=1S/C22H19N3O2/c26-21-11-4-5-12-25(21)16-17-7-6-10-19(13-17)23-14-20-15-24-22(27-20)18-8-2-1-3-9-18/h1-13,15,23H,14,16H2. The van der Waals surface area contributed by atoms with E-state index in [0.717, 1.165) is 22.6 Å². The highest BCUT2D eigenvalue weighted by Gasteiger charge is 2.06. The summed E-state index contributed by atoms with van der Waals surface area (Å²) in [6, 6.07) is 23.0. The van der Waals surface area contributed by atoms with Crippen molar-refractivity contribution < 1.29 is 4.42 Å². The van der Waals surface area contributed by atoms with Crippen LogP contribution in [0.3, 0.4) is 0 Å². The molecule has 2 heterocycles. The van der Waals surface area contributed by atoms with Crippen LogP contribution in [0, 0.1) is 0 Å². The summed E-state index contributed by atoms with van der Waals surface area (Å²) in [5, 5.41) is 3.35. The van der Waals surface area contributed by atoms with Gasteiger partial charge < -0.3 is 14.3 Å². The van der Waals surface area contributed by atoms with Crippen molar-refractivity contribution in [1.29, 1.82) is 0 Å². The fourth-order valence-electron chi connectivity index (χ4n) is 2.86. The van der Waals surface area contributed by atoms with Gasteiger partial charge >= 0.3 is 0 Å². The third kappa shape index (κ3) is 4.15. The van der Waals surface area contributed by atoms with Gasteiger partial charge in [-0.25, -0.2) is 4.98 Å². The average Bonchev–Trinajstić information content (AvgIpc) is 3.18. The maximum atomic E-state index is 11.9. The lowest BCUT2D eigenvalue weighted by atomic mass is 10.2. The minimum Gasteiger partial charge on any atom is -0.439 e. The number of oxazole rings is 1. The second-order valence-corrected chi connectivity index (χ2v) is 6.22. The molecule has 0 saturated heterocycles. The van der Waals surface area contributed by atoms with Gasteiger partial charge in [0.2, 0.25) is 5.89 Å². The molecule has 0 amide bonds. The third-order valence-electron chi connectivity index (χ3n) is 4.22. The van der Waals surface area contributed by atoms with E-state index in [9.17, 15) is 4.79 Å². The highest BCUT2D eigenvalue weighted by Crippen LogP contribution is 2.19. The van der Waals surface area contributed by atoms with Gasteiger partial charge in [0, 0.05) is 23.5 Å². The van der Waals surface area contributed by atoms with Crippen LogP contribution in [0.4, 0.5) is 5.69 Å².